The van der Waals surface area contributed by atoms with Gasteiger partial charge >= 0.3 is 10.4 Å². The quantitative estimate of drug-likeness (QED) is 0.0689. The molecule has 0 aliphatic carbocycles. The zero-order chi connectivity index (χ0) is 23.3. The Balaban J connectivity index is 4.84. The number of unbranched alkanes of at least 4 members (excludes halogenated alkanes) is 15. The monoisotopic (exact) mass is 464 g/mol. The summed E-state index contributed by atoms with van der Waals surface area (Å²) in [5.74, 6) is 0. The topological polar surface area (TPSA) is 63.6 Å². The third-order valence-electron chi connectivity index (χ3n) is 6.43. The van der Waals surface area contributed by atoms with Gasteiger partial charge in [-0.25, -0.2) is 0 Å². The van der Waals surface area contributed by atoms with Gasteiger partial charge in [-0.2, -0.15) is 12.6 Å². The van der Waals surface area contributed by atoms with E-state index >= 15 is 0 Å². The zero-order valence-corrected chi connectivity index (χ0v) is 21.9. The molecule has 188 valence electrons. The molecule has 0 radical (unpaired) electrons. The molecule has 0 unspecified atom stereocenters. The predicted molar refractivity (Wildman–Crippen MR) is 132 cm³/mol. The molecule has 0 saturated carbocycles. The van der Waals surface area contributed by atoms with Gasteiger partial charge in [0.15, 0.2) is 0 Å². The number of quaternary nitrogens is 1. The minimum Gasteiger partial charge on any atom is -0.300 e. The Labute approximate surface area is 194 Å². The number of hydrogen-bond donors (Lipinski definition) is 1. The summed E-state index contributed by atoms with van der Waals surface area (Å²) in [5.41, 5.74) is 0. The van der Waals surface area contributed by atoms with Crippen LogP contribution in [0.15, 0.2) is 0 Å². The second kappa shape index (κ2) is 20.4. The number of nitrogens with zero attached hydrogens (tertiary/aromatic N) is 1. The molecule has 0 saturated heterocycles. The molecular weight excluding hydrogens is 410 g/mol. The van der Waals surface area contributed by atoms with Crippen LogP contribution in [-0.4, -0.2) is 43.8 Å². The summed E-state index contributed by atoms with van der Waals surface area (Å²) in [4.78, 5) is 0. The third-order valence-corrected chi connectivity index (χ3v) is 6.84. The highest BCUT2D eigenvalue weighted by atomic mass is 32.3. The van der Waals surface area contributed by atoms with Gasteiger partial charge in [0.2, 0.25) is 6.73 Å². The summed E-state index contributed by atoms with van der Waals surface area (Å²) in [6, 6.07) is 0. The molecule has 0 aromatic carbocycles. The first kappa shape index (κ1) is 30.8. The number of hydrogen-bond acceptors (Lipinski definition) is 3. The highest BCUT2D eigenvalue weighted by molar-refractivity contribution is 7.80. The normalized spacial score (nSPS) is 12.5. The summed E-state index contributed by atoms with van der Waals surface area (Å²) >= 11 is 0. The molecule has 0 aliphatic rings. The Bertz CT molecular complexity index is 441. The Hall–Kier alpha value is -0.170. The predicted octanol–water partition coefficient (Wildman–Crippen LogP) is 7.66. The molecule has 1 N–H and O–H groups in total. The van der Waals surface area contributed by atoms with Gasteiger partial charge in [0, 0.05) is 0 Å². The molecule has 0 amide bonds. The minimum absolute atomic E-state index is 0.0811. The first-order chi connectivity index (χ1) is 14.9. The second-order valence-corrected chi connectivity index (χ2v) is 10.6. The highest BCUT2D eigenvalue weighted by Gasteiger charge is 2.28. The first-order valence-electron chi connectivity index (χ1n) is 13.4. The molecule has 0 aliphatic heterocycles. The van der Waals surface area contributed by atoms with Crippen LogP contribution < -0.4 is 0 Å². The Morgan fingerprint density at radius 1 is 0.548 bits per heavy atom. The van der Waals surface area contributed by atoms with Crippen LogP contribution in [0.4, 0.5) is 0 Å². The minimum atomic E-state index is -4.40. The van der Waals surface area contributed by atoms with Gasteiger partial charge in [-0.3, -0.25) is 9.04 Å². The standard InChI is InChI=1S/C25H53NO4S/c1-4-7-10-13-16-19-22-26(25-30-31(27,28)29,23-20-17-14-11-8-5-2)24-21-18-15-12-9-6-3/h4-25H2,1-3H3/p+1. The van der Waals surface area contributed by atoms with Crippen LogP contribution in [0.3, 0.4) is 0 Å². The van der Waals surface area contributed by atoms with E-state index in [0.717, 1.165) is 38.9 Å². The van der Waals surface area contributed by atoms with Crippen molar-refractivity contribution in [3.05, 3.63) is 0 Å². The number of rotatable bonds is 24. The van der Waals surface area contributed by atoms with Gasteiger partial charge in [-0.05, 0) is 38.5 Å². The van der Waals surface area contributed by atoms with Crippen molar-refractivity contribution in [1.82, 2.24) is 0 Å². The van der Waals surface area contributed by atoms with Gasteiger partial charge in [0.1, 0.15) is 0 Å². The van der Waals surface area contributed by atoms with Crippen LogP contribution in [-0.2, 0) is 14.6 Å². The van der Waals surface area contributed by atoms with Crippen LogP contribution in [0.5, 0.6) is 0 Å². The molecular formula is C25H54NO4S+. The summed E-state index contributed by atoms with van der Waals surface area (Å²) < 4.78 is 37.6. The van der Waals surface area contributed by atoms with E-state index in [-0.39, 0.29) is 6.73 Å². The second-order valence-electron chi connectivity index (χ2n) is 9.49. The van der Waals surface area contributed by atoms with Crippen LogP contribution in [0.1, 0.15) is 136 Å². The fraction of sp³-hybridized carbons (Fsp3) is 1.00. The lowest BCUT2D eigenvalue weighted by Crippen LogP contribution is -2.52. The molecule has 0 spiro atoms. The largest absolute Gasteiger partial charge is 0.401 e. The maximum Gasteiger partial charge on any atom is 0.401 e. The lowest BCUT2D eigenvalue weighted by atomic mass is 10.1. The Kier molecular flexibility index (Phi) is 20.3. The van der Waals surface area contributed by atoms with Crippen molar-refractivity contribution in [1.29, 1.82) is 0 Å². The van der Waals surface area contributed by atoms with E-state index in [4.69, 9.17) is 4.18 Å². The van der Waals surface area contributed by atoms with E-state index in [1.165, 1.54) is 96.3 Å². The Morgan fingerprint density at radius 3 is 1.13 bits per heavy atom. The fourth-order valence-corrected chi connectivity index (χ4v) is 4.75. The van der Waals surface area contributed by atoms with Crippen molar-refractivity contribution in [2.45, 2.75) is 136 Å². The van der Waals surface area contributed by atoms with Crippen molar-refractivity contribution in [3.63, 3.8) is 0 Å². The van der Waals surface area contributed by atoms with Crippen molar-refractivity contribution in [2.75, 3.05) is 26.4 Å². The molecule has 5 nitrogen and oxygen atoms in total. The van der Waals surface area contributed by atoms with E-state index in [0.29, 0.717) is 4.48 Å². The van der Waals surface area contributed by atoms with Gasteiger partial charge in [0.25, 0.3) is 0 Å². The third kappa shape index (κ3) is 20.2. The van der Waals surface area contributed by atoms with E-state index in [9.17, 15) is 13.0 Å². The highest BCUT2D eigenvalue weighted by Crippen LogP contribution is 2.19. The van der Waals surface area contributed by atoms with E-state index < -0.39 is 10.4 Å². The Morgan fingerprint density at radius 2 is 0.839 bits per heavy atom. The molecule has 0 rings (SSSR count). The van der Waals surface area contributed by atoms with Gasteiger partial charge < -0.3 is 0 Å². The molecule has 0 atom stereocenters. The smallest absolute Gasteiger partial charge is 0.300 e. The molecule has 0 bridgehead atoms. The summed E-state index contributed by atoms with van der Waals surface area (Å²) in [6.07, 6.45) is 22.1. The van der Waals surface area contributed by atoms with Crippen LogP contribution in [0.25, 0.3) is 0 Å². The van der Waals surface area contributed by atoms with Crippen molar-refractivity contribution < 1.29 is 21.6 Å². The maximum atomic E-state index is 11.3. The molecule has 0 fully saturated rings. The molecule has 0 aromatic rings. The van der Waals surface area contributed by atoms with Gasteiger partial charge in [-0.1, -0.05) is 97.8 Å². The van der Waals surface area contributed by atoms with E-state index in [1.807, 2.05) is 0 Å². The van der Waals surface area contributed by atoms with Crippen LogP contribution in [0.2, 0.25) is 0 Å². The van der Waals surface area contributed by atoms with Gasteiger partial charge in [0.05, 0.1) is 19.6 Å². The van der Waals surface area contributed by atoms with Crippen LogP contribution >= 0.6 is 0 Å². The maximum absolute atomic E-state index is 11.3. The van der Waals surface area contributed by atoms with E-state index in [2.05, 4.69) is 20.8 Å². The van der Waals surface area contributed by atoms with Crippen LogP contribution in [0, 0.1) is 0 Å². The molecule has 0 aromatic heterocycles. The zero-order valence-electron chi connectivity index (χ0n) is 21.1. The summed E-state index contributed by atoms with van der Waals surface area (Å²) in [5, 5.41) is 0. The molecule has 31 heavy (non-hydrogen) atoms. The first-order valence-corrected chi connectivity index (χ1v) is 14.7. The lowest BCUT2D eigenvalue weighted by Gasteiger charge is -2.38. The lowest BCUT2D eigenvalue weighted by molar-refractivity contribution is -0.943. The SMILES string of the molecule is CCCCCCCC[N+](CCCCCCCC)(CCCCCCCC)COS(=O)(=O)O. The van der Waals surface area contributed by atoms with Crippen molar-refractivity contribution >= 4 is 10.4 Å². The molecule has 0 heterocycles. The average molecular weight is 465 g/mol. The summed E-state index contributed by atoms with van der Waals surface area (Å²) in [7, 11) is -4.40. The van der Waals surface area contributed by atoms with Crippen molar-refractivity contribution in [3.8, 4) is 0 Å². The van der Waals surface area contributed by atoms with Crippen molar-refractivity contribution in [2.24, 2.45) is 0 Å². The van der Waals surface area contributed by atoms with E-state index in [1.54, 1.807) is 0 Å². The average Bonchev–Trinajstić information content (AvgIpc) is 2.73. The molecule has 6 heteroatoms. The summed E-state index contributed by atoms with van der Waals surface area (Å²) in [6.45, 7) is 9.63. The fourth-order valence-electron chi connectivity index (χ4n) is 4.39. The van der Waals surface area contributed by atoms with Gasteiger partial charge in [-0.15, -0.1) is 0 Å².